The number of fused-ring (bicyclic) bond motifs is 1. The van der Waals surface area contributed by atoms with Crippen molar-refractivity contribution in [3.8, 4) is 10.9 Å². The number of alkyl halides is 6. The number of ether oxygens (including phenoxy) is 1. The number of aromatic nitrogens is 3. The van der Waals surface area contributed by atoms with Gasteiger partial charge in [-0.1, -0.05) is 11.3 Å². The van der Waals surface area contributed by atoms with Gasteiger partial charge >= 0.3 is 12.4 Å². The fourth-order valence-electron chi connectivity index (χ4n) is 3.07. The van der Waals surface area contributed by atoms with Crippen LogP contribution in [0, 0.1) is 0 Å². The smallest absolute Gasteiger partial charge is 0.416 e. The third-order valence-corrected chi connectivity index (χ3v) is 5.75. The minimum absolute atomic E-state index is 0.0307. The maximum absolute atomic E-state index is 13.0. The van der Waals surface area contributed by atoms with Gasteiger partial charge in [-0.05, 0) is 35.9 Å². The number of nitrogens with zero attached hydrogens (tertiary/aromatic N) is 3. The van der Waals surface area contributed by atoms with E-state index in [2.05, 4.69) is 15.4 Å². The molecule has 178 valence electrons. The maximum atomic E-state index is 13.0. The van der Waals surface area contributed by atoms with Crippen LogP contribution in [0.3, 0.4) is 0 Å². The summed E-state index contributed by atoms with van der Waals surface area (Å²) in [5, 5.41) is 6.84. The van der Waals surface area contributed by atoms with Gasteiger partial charge in [0.25, 0.3) is 5.91 Å². The molecule has 0 aliphatic rings. The summed E-state index contributed by atoms with van der Waals surface area (Å²) in [6, 6.07) is 6.48. The molecule has 0 saturated heterocycles. The predicted octanol–water partition coefficient (Wildman–Crippen LogP) is 5.46. The zero-order valence-corrected chi connectivity index (χ0v) is 18.0. The molecule has 4 rings (SSSR count). The first kappa shape index (κ1) is 23.5. The van der Waals surface area contributed by atoms with Gasteiger partial charge in [-0.3, -0.25) is 4.79 Å². The number of methoxy groups -OCH3 is 1. The Bertz CT molecular complexity index is 1330. The van der Waals surface area contributed by atoms with E-state index in [0.29, 0.717) is 28.5 Å². The van der Waals surface area contributed by atoms with E-state index in [1.165, 1.54) is 35.5 Å². The summed E-state index contributed by atoms with van der Waals surface area (Å²) in [4.78, 5) is 16.9. The van der Waals surface area contributed by atoms with Gasteiger partial charge in [0.2, 0.25) is 5.13 Å². The average Bonchev–Trinajstić information content (AvgIpc) is 3.42. The molecule has 1 amide bonds. The van der Waals surface area contributed by atoms with Crippen molar-refractivity contribution in [2.45, 2.75) is 18.9 Å². The Balaban J connectivity index is 1.51. The van der Waals surface area contributed by atoms with Gasteiger partial charge in [0.1, 0.15) is 5.75 Å². The molecule has 6 nitrogen and oxygen atoms in total. The van der Waals surface area contributed by atoms with Crippen molar-refractivity contribution < 1.29 is 35.9 Å². The number of amides is 1. The van der Waals surface area contributed by atoms with Crippen molar-refractivity contribution in [2.24, 2.45) is 0 Å². The van der Waals surface area contributed by atoms with Crippen LogP contribution in [-0.4, -0.2) is 27.8 Å². The van der Waals surface area contributed by atoms with E-state index in [1.54, 1.807) is 12.1 Å². The lowest BCUT2D eigenvalue weighted by atomic mass is 10.0. The van der Waals surface area contributed by atoms with E-state index in [-0.39, 0.29) is 17.2 Å². The first-order valence-corrected chi connectivity index (χ1v) is 10.3. The van der Waals surface area contributed by atoms with Crippen LogP contribution in [0.2, 0.25) is 0 Å². The Morgan fingerprint density at radius 1 is 1.06 bits per heavy atom. The molecule has 0 radical (unpaired) electrons. The van der Waals surface area contributed by atoms with Crippen molar-refractivity contribution in [1.82, 2.24) is 20.1 Å². The number of carbonyl (C=O) groups excluding carboxylic acids is 1. The number of halogens is 6. The minimum Gasteiger partial charge on any atom is -0.497 e. The number of nitrogens with one attached hydrogen (secondary N) is 1. The van der Waals surface area contributed by atoms with E-state index in [1.807, 2.05) is 6.07 Å². The van der Waals surface area contributed by atoms with Crippen molar-refractivity contribution in [2.75, 3.05) is 7.11 Å². The van der Waals surface area contributed by atoms with Crippen molar-refractivity contribution in [3.05, 3.63) is 71.0 Å². The second kappa shape index (κ2) is 8.63. The molecule has 4 aromatic rings. The van der Waals surface area contributed by atoms with Crippen molar-refractivity contribution >= 4 is 27.5 Å². The molecule has 0 aliphatic heterocycles. The van der Waals surface area contributed by atoms with Gasteiger partial charge in [0.05, 0.1) is 40.2 Å². The van der Waals surface area contributed by atoms with Crippen molar-refractivity contribution in [3.63, 3.8) is 0 Å². The molecule has 0 fully saturated rings. The monoisotopic (exact) mass is 500 g/mol. The molecule has 2 aromatic heterocycles. The summed E-state index contributed by atoms with van der Waals surface area (Å²) in [6.07, 6.45) is -7.36. The molecule has 13 heteroatoms. The molecule has 2 aromatic carbocycles. The Hall–Kier alpha value is -3.61. The van der Waals surface area contributed by atoms with Crippen LogP contribution in [-0.2, 0) is 18.9 Å². The Labute approximate surface area is 191 Å². The van der Waals surface area contributed by atoms with E-state index < -0.39 is 35.9 Å². The lowest BCUT2D eigenvalue weighted by Crippen LogP contribution is -2.23. The SMILES string of the molecule is COc1ccc2sc(-n3cc(C(=O)NCc4cc(C(F)(F)F)cc(C(F)(F)F)c4)cn3)nc2c1. The molecule has 0 aliphatic carbocycles. The number of thiazole rings is 1. The van der Waals surface area contributed by atoms with Crippen LogP contribution in [0.5, 0.6) is 5.75 Å². The lowest BCUT2D eigenvalue weighted by Gasteiger charge is -2.14. The summed E-state index contributed by atoms with van der Waals surface area (Å²) in [7, 11) is 1.52. The first-order chi connectivity index (χ1) is 15.9. The number of hydrogen-bond donors (Lipinski definition) is 1. The second-order valence-electron chi connectivity index (χ2n) is 7.10. The molecule has 2 heterocycles. The van der Waals surface area contributed by atoms with Crippen LogP contribution in [0.25, 0.3) is 15.3 Å². The highest BCUT2D eigenvalue weighted by atomic mass is 32.1. The van der Waals surface area contributed by atoms with E-state index in [9.17, 15) is 31.1 Å². The average molecular weight is 500 g/mol. The minimum atomic E-state index is -4.97. The van der Waals surface area contributed by atoms with Gasteiger partial charge in [-0.25, -0.2) is 9.67 Å². The predicted molar refractivity (Wildman–Crippen MR) is 111 cm³/mol. The van der Waals surface area contributed by atoms with Gasteiger partial charge in [0, 0.05) is 18.8 Å². The number of rotatable bonds is 5. The zero-order valence-electron chi connectivity index (χ0n) is 17.2. The standard InChI is InChI=1S/C21H14F6N4O2S/c1-33-15-2-3-17-16(7-15)30-19(34-17)31-10-12(9-29-31)18(32)28-8-11-4-13(20(22,23)24)6-14(5-11)21(25,26)27/h2-7,9-10H,8H2,1H3,(H,28,32). The molecule has 34 heavy (non-hydrogen) atoms. The first-order valence-electron chi connectivity index (χ1n) is 9.50. The molecule has 0 unspecified atom stereocenters. The fraction of sp³-hybridized carbons (Fsp3) is 0.190. The normalized spacial score (nSPS) is 12.2. The van der Waals surface area contributed by atoms with Crippen LogP contribution in [0.4, 0.5) is 26.3 Å². The summed E-state index contributed by atoms with van der Waals surface area (Å²) >= 11 is 1.30. The summed E-state index contributed by atoms with van der Waals surface area (Å²) < 4.78 is 85.4. The third kappa shape index (κ3) is 4.98. The lowest BCUT2D eigenvalue weighted by molar-refractivity contribution is -0.143. The number of carbonyl (C=O) groups is 1. The maximum Gasteiger partial charge on any atom is 0.416 e. The largest absolute Gasteiger partial charge is 0.497 e. The van der Waals surface area contributed by atoms with Gasteiger partial charge < -0.3 is 10.1 Å². The van der Waals surface area contributed by atoms with Crippen LogP contribution in [0.15, 0.2) is 48.8 Å². The molecule has 0 spiro atoms. The van der Waals surface area contributed by atoms with Crippen LogP contribution in [0.1, 0.15) is 27.0 Å². The van der Waals surface area contributed by atoms with Gasteiger partial charge in [0.15, 0.2) is 0 Å². The van der Waals surface area contributed by atoms with E-state index >= 15 is 0 Å². The highest BCUT2D eigenvalue weighted by Crippen LogP contribution is 2.36. The summed E-state index contributed by atoms with van der Waals surface area (Å²) in [6.45, 7) is -0.544. The van der Waals surface area contributed by atoms with Gasteiger partial charge in [-0.2, -0.15) is 31.4 Å². The highest BCUT2D eigenvalue weighted by molar-refractivity contribution is 7.20. The third-order valence-electron chi connectivity index (χ3n) is 4.72. The van der Waals surface area contributed by atoms with E-state index in [4.69, 9.17) is 4.74 Å². The summed E-state index contributed by atoms with van der Waals surface area (Å²) in [5.41, 5.74) is -2.53. The second-order valence-corrected chi connectivity index (χ2v) is 8.11. The number of benzene rings is 2. The Morgan fingerprint density at radius 3 is 2.35 bits per heavy atom. The molecular formula is C21H14F6N4O2S. The topological polar surface area (TPSA) is 69.0 Å². The number of hydrogen-bond acceptors (Lipinski definition) is 5. The van der Waals surface area contributed by atoms with Crippen LogP contribution < -0.4 is 10.1 Å². The Kier molecular flexibility index (Phi) is 5.98. The zero-order chi connectivity index (χ0) is 24.7. The molecule has 0 atom stereocenters. The Morgan fingerprint density at radius 2 is 1.74 bits per heavy atom. The molecular weight excluding hydrogens is 486 g/mol. The van der Waals surface area contributed by atoms with E-state index in [0.717, 1.165) is 4.70 Å². The summed E-state index contributed by atoms with van der Waals surface area (Å²) in [5.74, 6) is -0.104. The molecule has 0 saturated carbocycles. The fourth-order valence-corrected chi connectivity index (χ4v) is 3.95. The molecule has 0 bridgehead atoms. The van der Waals surface area contributed by atoms with Crippen molar-refractivity contribution in [1.29, 1.82) is 0 Å². The quantitative estimate of drug-likeness (QED) is 0.370. The highest BCUT2D eigenvalue weighted by Gasteiger charge is 2.36. The van der Waals surface area contributed by atoms with Gasteiger partial charge in [-0.15, -0.1) is 0 Å². The van der Waals surface area contributed by atoms with Crippen LogP contribution >= 0.6 is 11.3 Å². The molecule has 1 N–H and O–H groups in total.